The average molecular weight is 313 g/mol. The van der Waals surface area contributed by atoms with Crippen LogP contribution in [0.4, 0.5) is 8.78 Å². The molecule has 1 aliphatic heterocycles. The van der Waals surface area contributed by atoms with Gasteiger partial charge in [0, 0.05) is 37.3 Å². The summed E-state index contributed by atoms with van der Waals surface area (Å²) >= 11 is 0. The number of halogens is 2. The maximum atomic E-state index is 13.2. The lowest BCUT2D eigenvalue weighted by atomic mass is 9.90. The van der Waals surface area contributed by atoms with Crippen molar-refractivity contribution in [2.24, 2.45) is 0 Å². The number of rotatable bonds is 4. The van der Waals surface area contributed by atoms with E-state index >= 15 is 0 Å². The van der Waals surface area contributed by atoms with Gasteiger partial charge in [-0.05, 0) is 12.8 Å². The highest BCUT2D eigenvalue weighted by Gasteiger charge is 2.37. The van der Waals surface area contributed by atoms with Crippen LogP contribution in [0.1, 0.15) is 19.3 Å². The molecule has 0 radical (unpaired) electrons. The lowest BCUT2D eigenvalue weighted by Gasteiger charge is -2.39. The molecule has 1 atom stereocenters. The van der Waals surface area contributed by atoms with Crippen LogP contribution in [0.5, 0.6) is 5.75 Å². The van der Waals surface area contributed by atoms with Crippen LogP contribution in [0.2, 0.25) is 0 Å². The topological polar surface area (TPSA) is 41.9 Å². The fourth-order valence-electron chi connectivity index (χ4n) is 2.93. The van der Waals surface area contributed by atoms with Crippen molar-refractivity contribution in [2.45, 2.75) is 30.9 Å². The number of aliphatic hydroxyl groups is 1. The van der Waals surface area contributed by atoms with E-state index in [1.54, 1.807) is 0 Å². The summed E-state index contributed by atoms with van der Waals surface area (Å²) < 4.78 is 37.2. The van der Waals surface area contributed by atoms with Crippen LogP contribution >= 0.6 is 0 Å². The third kappa shape index (κ3) is 3.74. The minimum Gasteiger partial charge on any atom is -0.490 e. The summed E-state index contributed by atoms with van der Waals surface area (Å²) in [5.41, 5.74) is -1.17. The van der Waals surface area contributed by atoms with Crippen molar-refractivity contribution in [3.05, 3.63) is 29.8 Å². The first-order chi connectivity index (χ1) is 10.5. The summed E-state index contributed by atoms with van der Waals surface area (Å²) in [5, 5.41) is 10.7. The molecule has 0 aromatic heterocycles. The maximum absolute atomic E-state index is 13.2. The molecule has 22 heavy (non-hydrogen) atoms. The summed E-state index contributed by atoms with van der Waals surface area (Å²) in [6.07, 6.45) is 3.51. The molecule has 3 rings (SSSR count). The molecule has 1 N–H and O–H groups in total. The second-order valence-corrected chi connectivity index (χ2v) is 6.23. The van der Waals surface area contributed by atoms with Gasteiger partial charge in [0.15, 0.2) is 0 Å². The van der Waals surface area contributed by atoms with Crippen LogP contribution in [0.15, 0.2) is 18.2 Å². The monoisotopic (exact) mass is 313 g/mol. The third-order valence-electron chi connectivity index (χ3n) is 4.33. The molecule has 0 amide bonds. The molecular formula is C16H21F2NO3. The third-order valence-corrected chi connectivity index (χ3v) is 4.33. The van der Waals surface area contributed by atoms with Crippen molar-refractivity contribution in [3.8, 4) is 5.75 Å². The number of benzene rings is 1. The Kier molecular flexibility index (Phi) is 4.61. The summed E-state index contributed by atoms with van der Waals surface area (Å²) in [6.45, 7) is 1.93. The lowest BCUT2D eigenvalue weighted by Crippen LogP contribution is -2.52. The number of β-amino-alcohol motifs (C(OH)–C–C–N with tert-alkyl or cyclic N) is 1. The summed E-state index contributed by atoms with van der Waals surface area (Å²) in [4.78, 5) is 2.23. The van der Waals surface area contributed by atoms with Crippen LogP contribution in [-0.2, 0) is 4.74 Å². The Labute approximate surface area is 128 Å². The van der Waals surface area contributed by atoms with E-state index in [0.717, 1.165) is 37.6 Å². The molecule has 1 aromatic carbocycles. The van der Waals surface area contributed by atoms with Crippen molar-refractivity contribution in [1.29, 1.82) is 0 Å². The molecule has 0 spiro atoms. The second-order valence-electron chi connectivity index (χ2n) is 6.23. The molecule has 1 aliphatic carbocycles. The smallest absolute Gasteiger partial charge is 0.134 e. The van der Waals surface area contributed by atoms with Gasteiger partial charge in [-0.15, -0.1) is 0 Å². The first-order valence-corrected chi connectivity index (χ1v) is 7.67. The molecule has 1 saturated carbocycles. The zero-order chi connectivity index (χ0) is 15.6. The van der Waals surface area contributed by atoms with Gasteiger partial charge in [0.2, 0.25) is 0 Å². The molecular weight excluding hydrogens is 292 g/mol. The Morgan fingerprint density at radius 3 is 2.64 bits per heavy atom. The van der Waals surface area contributed by atoms with Crippen molar-refractivity contribution in [3.63, 3.8) is 0 Å². The average Bonchev–Trinajstić information content (AvgIpc) is 2.56. The standard InChI is InChI=1S/C16H21F2NO3/c17-12-6-13(18)8-15(7-12)22-11-16(20)9-19(4-5-21-10-16)14-2-1-3-14/h6-8,14,20H,1-5,9-11H2/t16-/m0/s1. The SMILES string of the molecule is O[C@]1(COc2cc(F)cc(F)c2)COCCN(C2CCC2)C1. The Bertz CT molecular complexity index is 504. The predicted molar refractivity (Wildman–Crippen MR) is 76.8 cm³/mol. The van der Waals surface area contributed by atoms with E-state index in [-0.39, 0.29) is 19.0 Å². The fourth-order valence-corrected chi connectivity index (χ4v) is 2.93. The van der Waals surface area contributed by atoms with Gasteiger partial charge in [0.25, 0.3) is 0 Å². The normalized spacial score (nSPS) is 27.2. The molecule has 2 aliphatic rings. The Hall–Kier alpha value is -1.24. The Balaban J connectivity index is 1.63. The van der Waals surface area contributed by atoms with Crippen LogP contribution in [0.3, 0.4) is 0 Å². The molecule has 4 nitrogen and oxygen atoms in total. The lowest BCUT2D eigenvalue weighted by molar-refractivity contribution is -0.0699. The van der Waals surface area contributed by atoms with E-state index in [1.807, 2.05) is 0 Å². The molecule has 0 bridgehead atoms. The number of nitrogens with zero attached hydrogens (tertiary/aromatic N) is 1. The van der Waals surface area contributed by atoms with Crippen molar-refractivity contribution < 1.29 is 23.4 Å². The highest BCUT2D eigenvalue weighted by Crippen LogP contribution is 2.27. The van der Waals surface area contributed by atoms with Gasteiger partial charge in [-0.25, -0.2) is 8.78 Å². The maximum Gasteiger partial charge on any atom is 0.134 e. The van der Waals surface area contributed by atoms with Gasteiger partial charge in [0.05, 0.1) is 13.2 Å². The van der Waals surface area contributed by atoms with Gasteiger partial charge in [0.1, 0.15) is 29.6 Å². The van der Waals surface area contributed by atoms with Crippen LogP contribution in [-0.4, -0.2) is 54.6 Å². The van der Waals surface area contributed by atoms with E-state index in [1.165, 1.54) is 6.42 Å². The molecule has 122 valence electrons. The van der Waals surface area contributed by atoms with Gasteiger partial charge < -0.3 is 14.6 Å². The van der Waals surface area contributed by atoms with Crippen LogP contribution < -0.4 is 4.74 Å². The highest BCUT2D eigenvalue weighted by atomic mass is 19.1. The zero-order valence-corrected chi connectivity index (χ0v) is 12.4. The Morgan fingerprint density at radius 1 is 1.27 bits per heavy atom. The highest BCUT2D eigenvalue weighted by molar-refractivity contribution is 5.24. The summed E-state index contributed by atoms with van der Waals surface area (Å²) in [7, 11) is 0. The quantitative estimate of drug-likeness (QED) is 0.923. The molecule has 0 unspecified atom stereocenters. The number of hydrogen-bond donors (Lipinski definition) is 1. The predicted octanol–water partition coefficient (Wildman–Crippen LogP) is 1.96. The Morgan fingerprint density at radius 2 is 2.00 bits per heavy atom. The summed E-state index contributed by atoms with van der Waals surface area (Å²) in [5.74, 6) is -1.32. The van der Waals surface area contributed by atoms with E-state index in [2.05, 4.69) is 4.90 Å². The largest absolute Gasteiger partial charge is 0.490 e. The minimum absolute atomic E-state index is 0.0564. The van der Waals surface area contributed by atoms with Gasteiger partial charge in [-0.1, -0.05) is 6.42 Å². The fraction of sp³-hybridized carbons (Fsp3) is 0.625. The molecule has 2 fully saturated rings. The van der Waals surface area contributed by atoms with Crippen molar-refractivity contribution >= 4 is 0 Å². The van der Waals surface area contributed by atoms with E-state index in [9.17, 15) is 13.9 Å². The van der Waals surface area contributed by atoms with Crippen molar-refractivity contribution in [1.82, 2.24) is 4.90 Å². The molecule has 1 aromatic rings. The molecule has 1 heterocycles. The molecule has 1 saturated heterocycles. The zero-order valence-electron chi connectivity index (χ0n) is 12.4. The van der Waals surface area contributed by atoms with E-state index in [4.69, 9.17) is 9.47 Å². The summed E-state index contributed by atoms with van der Waals surface area (Å²) in [6, 6.07) is 3.50. The molecule has 6 heteroatoms. The van der Waals surface area contributed by atoms with E-state index in [0.29, 0.717) is 19.2 Å². The first kappa shape index (κ1) is 15.6. The van der Waals surface area contributed by atoms with Gasteiger partial charge >= 0.3 is 0 Å². The minimum atomic E-state index is -1.17. The van der Waals surface area contributed by atoms with Gasteiger partial charge in [-0.2, -0.15) is 0 Å². The van der Waals surface area contributed by atoms with E-state index < -0.39 is 17.2 Å². The first-order valence-electron chi connectivity index (χ1n) is 7.67. The van der Waals surface area contributed by atoms with Crippen LogP contribution in [0.25, 0.3) is 0 Å². The van der Waals surface area contributed by atoms with Crippen molar-refractivity contribution in [2.75, 3.05) is 32.9 Å². The number of hydrogen-bond acceptors (Lipinski definition) is 4. The van der Waals surface area contributed by atoms with Crippen LogP contribution in [0, 0.1) is 11.6 Å². The number of ether oxygens (including phenoxy) is 2. The van der Waals surface area contributed by atoms with Gasteiger partial charge in [-0.3, -0.25) is 4.90 Å². The second kappa shape index (κ2) is 6.48.